The van der Waals surface area contributed by atoms with E-state index < -0.39 is 0 Å². The van der Waals surface area contributed by atoms with Crippen molar-refractivity contribution in [2.45, 2.75) is 91.6 Å². The summed E-state index contributed by atoms with van der Waals surface area (Å²) in [5.41, 5.74) is 6.81. The number of hydrogen-bond acceptors (Lipinski definition) is 1. The Morgan fingerprint density at radius 1 is 1.00 bits per heavy atom. The highest BCUT2D eigenvalue weighted by Crippen LogP contribution is 2.61. The summed E-state index contributed by atoms with van der Waals surface area (Å²) in [6, 6.07) is 4.79. The summed E-state index contributed by atoms with van der Waals surface area (Å²) in [6.07, 6.45) is 13.1. The van der Waals surface area contributed by atoms with E-state index in [0.29, 0.717) is 17.3 Å². The van der Waals surface area contributed by atoms with E-state index in [0.717, 1.165) is 37.0 Å². The summed E-state index contributed by atoms with van der Waals surface area (Å²) >= 11 is 0. The first-order chi connectivity index (χ1) is 13.3. The molecular weight excluding hydrogens is 340 g/mol. The number of aliphatic hydroxyl groups excluding tert-OH is 1. The van der Waals surface area contributed by atoms with Gasteiger partial charge in [-0.3, -0.25) is 0 Å². The van der Waals surface area contributed by atoms with Gasteiger partial charge < -0.3 is 5.11 Å². The summed E-state index contributed by atoms with van der Waals surface area (Å²) in [5, 5.41) is 10.1. The highest BCUT2D eigenvalue weighted by Gasteiger charge is 2.50. The van der Waals surface area contributed by atoms with Gasteiger partial charge >= 0.3 is 0 Å². The van der Waals surface area contributed by atoms with Crippen molar-refractivity contribution in [1.29, 1.82) is 0 Å². The maximum atomic E-state index is 10.1. The van der Waals surface area contributed by atoms with Crippen molar-refractivity contribution in [3.63, 3.8) is 0 Å². The molecule has 4 rings (SSSR count). The predicted octanol–water partition coefficient (Wildman–Crippen LogP) is 6.47. The van der Waals surface area contributed by atoms with Gasteiger partial charge in [-0.15, -0.1) is 0 Å². The van der Waals surface area contributed by atoms with Crippen LogP contribution in [0.15, 0.2) is 24.3 Å². The van der Waals surface area contributed by atoms with Crippen molar-refractivity contribution in [2.24, 2.45) is 29.1 Å². The standard InChI is InChI=1S/C27H40O/c1-17(2)18(3)6-7-19(4)25-12-13-26-24-10-8-20-16-21(28)9-11-22(20)23(24)14-15-27(25,26)5/h6-8,10,17-19,21,25-26,28H,9,11-16H2,1-5H3/b7-6+/t18-,19+,21-,25-,26+,27+/m0/s1. The van der Waals surface area contributed by atoms with Crippen LogP contribution < -0.4 is 0 Å². The van der Waals surface area contributed by atoms with Crippen LogP contribution in [0.2, 0.25) is 0 Å². The molecule has 3 aliphatic rings. The molecule has 154 valence electrons. The van der Waals surface area contributed by atoms with E-state index in [2.05, 4.69) is 58.9 Å². The van der Waals surface area contributed by atoms with Gasteiger partial charge in [0.1, 0.15) is 0 Å². The quantitative estimate of drug-likeness (QED) is 0.594. The topological polar surface area (TPSA) is 20.2 Å². The highest BCUT2D eigenvalue weighted by molar-refractivity contribution is 5.47. The highest BCUT2D eigenvalue weighted by atomic mass is 16.3. The lowest BCUT2D eigenvalue weighted by Gasteiger charge is -2.44. The zero-order chi connectivity index (χ0) is 20.1. The molecule has 0 aliphatic heterocycles. The Labute approximate surface area is 172 Å². The number of benzene rings is 1. The lowest BCUT2D eigenvalue weighted by Crippen LogP contribution is -2.35. The van der Waals surface area contributed by atoms with Crippen LogP contribution in [-0.4, -0.2) is 11.2 Å². The molecule has 1 saturated carbocycles. The molecule has 1 aromatic carbocycles. The molecule has 1 heteroatoms. The molecule has 0 saturated heterocycles. The van der Waals surface area contributed by atoms with Crippen molar-refractivity contribution >= 4 is 0 Å². The minimum absolute atomic E-state index is 0.129. The molecule has 3 aliphatic carbocycles. The van der Waals surface area contributed by atoms with Crippen molar-refractivity contribution in [2.75, 3.05) is 0 Å². The molecule has 0 aromatic heterocycles. The number of fused-ring (bicyclic) bond motifs is 5. The molecule has 1 N–H and O–H groups in total. The third-order valence-electron chi connectivity index (χ3n) is 8.85. The second kappa shape index (κ2) is 7.63. The van der Waals surface area contributed by atoms with Gasteiger partial charge in [0.15, 0.2) is 0 Å². The molecule has 0 spiro atoms. The Bertz CT molecular complexity index is 745. The van der Waals surface area contributed by atoms with E-state index in [4.69, 9.17) is 0 Å². The van der Waals surface area contributed by atoms with Crippen LogP contribution in [0, 0.1) is 29.1 Å². The van der Waals surface area contributed by atoms with Crippen molar-refractivity contribution in [3.8, 4) is 0 Å². The third kappa shape index (κ3) is 3.38. The largest absolute Gasteiger partial charge is 0.393 e. The van der Waals surface area contributed by atoms with Crippen molar-refractivity contribution in [3.05, 3.63) is 46.5 Å². The fraction of sp³-hybridized carbons (Fsp3) is 0.704. The van der Waals surface area contributed by atoms with Crippen LogP contribution in [-0.2, 0) is 19.3 Å². The first-order valence-corrected chi connectivity index (χ1v) is 11.8. The van der Waals surface area contributed by atoms with Gasteiger partial charge in [-0.25, -0.2) is 0 Å². The first-order valence-electron chi connectivity index (χ1n) is 11.8. The average molecular weight is 381 g/mol. The Morgan fingerprint density at radius 2 is 1.79 bits per heavy atom. The van der Waals surface area contributed by atoms with E-state index >= 15 is 0 Å². The minimum atomic E-state index is -0.129. The number of allylic oxidation sites excluding steroid dienone is 2. The van der Waals surface area contributed by atoms with Crippen LogP contribution in [0.1, 0.15) is 88.5 Å². The third-order valence-corrected chi connectivity index (χ3v) is 8.85. The van der Waals surface area contributed by atoms with Gasteiger partial charge in [-0.05, 0) is 102 Å². The van der Waals surface area contributed by atoms with Gasteiger partial charge in [0.25, 0.3) is 0 Å². The predicted molar refractivity (Wildman–Crippen MR) is 119 cm³/mol. The summed E-state index contributed by atoms with van der Waals surface area (Å²) in [4.78, 5) is 0. The van der Waals surface area contributed by atoms with Gasteiger partial charge in [0, 0.05) is 0 Å². The summed E-state index contributed by atoms with van der Waals surface area (Å²) in [6.45, 7) is 12.1. The maximum absolute atomic E-state index is 10.1. The van der Waals surface area contributed by atoms with E-state index in [1.807, 2.05) is 0 Å². The normalized spacial score (nSPS) is 34.2. The lowest BCUT2D eigenvalue weighted by molar-refractivity contribution is 0.140. The molecule has 1 fully saturated rings. The number of rotatable bonds is 4. The van der Waals surface area contributed by atoms with Crippen molar-refractivity contribution in [1.82, 2.24) is 0 Å². The number of hydrogen-bond donors (Lipinski definition) is 1. The summed E-state index contributed by atoms with van der Waals surface area (Å²) < 4.78 is 0. The molecule has 1 aromatic rings. The maximum Gasteiger partial charge on any atom is 0.0583 e. The summed E-state index contributed by atoms with van der Waals surface area (Å²) in [5.74, 6) is 3.60. The molecule has 0 amide bonds. The Balaban J connectivity index is 1.58. The van der Waals surface area contributed by atoms with Crippen LogP contribution in [0.5, 0.6) is 0 Å². The Kier molecular flexibility index (Phi) is 5.51. The average Bonchev–Trinajstić information content (AvgIpc) is 3.02. The fourth-order valence-electron chi connectivity index (χ4n) is 6.65. The van der Waals surface area contributed by atoms with Crippen LogP contribution in [0.25, 0.3) is 0 Å². The fourth-order valence-corrected chi connectivity index (χ4v) is 6.65. The van der Waals surface area contributed by atoms with Gasteiger partial charge in [-0.1, -0.05) is 58.9 Å². The van der Waals surface area contributed by atoms with Crippen LogP contribution >= 0.6 is 0 Å². The molecule has 0 radical (unpaired) electrons. The molecule has 0 bridgehead atoms. The smallest absolute Gasteiger partial charge is 0.0583 e. The summed E-state index contributed by atoms with van der Waals surface area (Å²) in [7, 11) is 0. The van der Waals surface area contributed by atoms with Crippen LogP contribution in [0.3, 0.4) is 0 Å². The Hall–Kier alpha value is -1.08. The molecule has 28 heavy (non-hydrogen) atoms. The Morgan fingerprint density at radius 3 is 2.54 bits per heavy atom. The van der Waals surface area contributed by atoms with E-state index in [1.54, 1.807) is 16.7 Å². The van der Waals surface area contributed by atoms with E-state index in [9.17, 15) is 5.11 Å². The van der Waals surface area contributed by atoms with Crippen LogP contribution in [0.4, 0.5) is 0 Å². The van der Waals surface area contributed by atoms with Gasteiger partial charge in [-0.2, -0.15) is 0 Å². The second-order valence-corrected chi connectivity index (χ2v) is 10.8. The van der Waals surface area contributed by atoms with Crippen molar-refractivity contribution < 1.29 is 5.11 Å². The minimum Gasteiger partial charge on any atom is -0.393 e. The number of aliphatic hydroxyl groups is 1. The van der Waals surface area contributed by atoms with Gasteiger partial charge in [0.05, 0.1) is 6.10 Å². The van der Waals surface area contributed by atoms with Gasteiger partial charge in [0.2, 0.25) is 0 Å². The molecule has 6 atom stereocenters. The first kappa shape index (κ1) is 20.2. The lowest BCUT2D eigenvalue weighted by atomic mass is 9.60. The van der Waals surface area contributed by atoms with E-state index in [1.165, 1.54) is 31.2 Å². The molecule has 0 unspecified atom stereocenters. The second-order valence-electron chi connectivity index (χ2n) is 10.8. The monoisotopic (exact) mass is 380 g/mol. The SMILES string of the molecule is CC(C)[C@@H](C)/C=C/[C@@H](C)[C@@H]1CC[C@@H]2c3ccc4c(c3CC[C@@]21C)CC[C@H](O)C4. The zero-order valence-corrected chi connectivity index (χ0v) is 18.7. The zero-order valence-electron chi connectivity index (χ0n) is 18.7. The molecule has 0 heterocycles. The van der Waals surface area contributed by atoms with E-state index in [-0.39, 0.29) is 6.10 Å². The molecular formula is C27H40O. The molecule has 1 nitrogen and oxygen atoms in total.